The van der Waals surface area contributed by atoms with Crippen molar-refractivity contribution in [2.45, 2.75) is 44.7 Å². The third-order valence-corrected chi connectivity index (χ3v) is 3.34. The van der Waals surface area contributed by atoms with Gasteiger partial charge in [0.15, 0.2) is 0 Å². The van der Waals surface area contributed by atoms with Crippen molar-refractivity contribution in [2.24, 2.45) is 5.10 Å². The van der Waals surface area contributed by atoms with Crippen LogP contribution in [0.2, 0.25) is 0 Å². The van der Waals surface area contributed by atoms with E-state index in [2.05, 4.69) is 15.8 Å². The first kappa shape index (κ1) is 20.7. The maximum Gasteiger partial charge on any atom is 0.271 e. The molecule has 0 spiro atoms. The molecule has 1 aromatic carbocycles. The number of anilines is 1. The van der Waals surface area contributed by atoms with Crippen molar-refractivity contribution in [3.05, 3.63) is 29.8 Å². The summed E-state index contributed by atoms with van der Waals surface area (Å²) in [7, 11) is 0. The minimum Gasteiger partial charge on any atom is -0.391 e. The van der Waals surface area contributed by atoms with Crippen molar-refractivity contribution < 1.29 is 30.0 Å². The molecule has 1 rings (SSSR count). The molecule has 0 unspecified atom stereocenters. The highest BCUT2D eigenvalue weighted by Crippen LogP contribution is 2.10. The van der Waals surface area contributed by atoms with Gasteiger partial charge in [-0.15, -0.1) is 0 Å². The van der Waals surface area contributed by atoms with Gasteiger partial charge in [-0.05, 0) is 31.2 Å². The van der Waals surface area contributed by atoms with Crippen LogP contribution in [0, 0.1) is 0 Å². The second-order valence-electron chi connectivity index (χ2n) is 5.41. The highest BCUT2D eigenvalue weighted by atomic mass is 16.4. The van der Waals surface area contributed by atoms with E-state index in [1.54, 1.807) is 19.1 Å². The van der Waals surface area contributed by atoms with E-state index in [0.29, 0.717) is 12.1 Å². The molecular formula is C16H23N3O6. The monoisotopic (exact) mass is 353 g/mol. The van der Waals surface area contributed by atoms with Gasteiger partial charge in [0.25, 0.3) is 5.91 Å². The maximum absolute atomic E-state index is 11.9. The second kappa shape index (κ2) is 9.84. The van der Waals surface area contributed by atoms with Crippen molar-refractivity contribution in [3.63, 3.8) is 0 Å². The van der Waals surface area contributed by atoms with E-state index in [1.807, 2.05) is 0 Å². The van der Waals surface area contributed by atoms with Crippen molar-refractivity contribution >= 4 is 23.7 Å². The van der Waals surface area contributed by atoms with Gasteiger partial charge in [-0.25, -0.2) is 5.43 Å². The molecule has 138 valence electrons. The van der Waals surface area contributed by atoms with E-state index in [0.717, 1.165) is 6.21 Å². The van der Waals surface area contributed by atoms with E-state index in [4.69, 9.17) is 5.11 Å². The molecule has 0 aromatic heterocycles. The van der Waals surface area contributed by atoms with Gasteiger partial charge in [0.2, 0.25) is 5.91 Å². The Labute approximate surface area is 145 Å². The Morgan fingerprint density at radius 2 is 1.72 bits per heavy atom. The van der Waals surface area contributed by atoms with Crippen LogP contribution in [0.25, 0.3) is 0 Å². The van der Waals surface area contributed by atoms with Crippen LogP contribution >= 0.6 is 0 Å². The molecular weight excluding hydrogens is 330 g/mol. The van der Waals surface area contributed by atoms with Crippen LogP contribution < -0.4 is 10.7 Å². The molecule has 0 aliphatic rings. The van der Waals surface area contributed by atoms with Crippen LogP contribution in [0.3, 0.4) is 0 Å². The molecule has 2 amide bonds. The lowest BCUT2D eigenvalue weighted by atomic mass is 10.1. The molecule has 0 saturated heterocycles. The van der Waals surface area contributed by atoms with E-state index < -0.39 is 30.3 Å². The number of aliphatic hydroxyl groups excluding tert-OH is 4. The van der Waals surface area contributed by atoms with Gasteiger partial charge in [-0.1, -0.05) is 6.92 Å². The van der Waals surface area contributed by atoms with Crippen LogP contribution in [0.1, 0.15) is 30.6 Å². The second-order valence-corrected chi connectivity index (χ2v) is 5.41. The Kier molecular flexibility index (Phi) is 8.16. The highest BCUT2D eigenvalue weighted by Gasteiger charge is 2.27. The van der Waals surface area contributed by atoms with E-state index in [-0.39, 0.29) is 11.5 Å². The number of amides is 2. The van der Waals surface area contributed by atoms with Gasteiger partial charge in [-0.3, -0.25) is 9.59 Å². The lowest BCUT2D eigenvalue weighted by molar-refractivity contribution is -0.115. The molecule has 0 bridgehead atoms. The third kappa shape index (κ3) is 6.59. The van der Waals surface area contributed by atoms with E-state index >= 15 is 0 Å². The molecule has 0 saturated carbocycles. The fourth-order valence-corrected chi connectivity index (χ4v) is 1.77. The van der Waals surface area contributed by atoms with Crippen LogP contribution in [-0.2, 0) is 4.79 Å². The number of rotatable bonds is 8. The Bertz CT molecular complexity index is 602. The fraction of sp³-hybridized carbons (Fsp3) is 0.438. The number of nitrogens with one attached hydrogen (secondary N) is 2. The number of hydrogen-bond acceptors (Lipinski definition) is 7. The number of carbonyl (C=O) groups is 2. The van der Waals surface area contributed by atoms with Crippen molar-refractivity contribution in [3.8, 4) is 0 Å². The molecule has 0 aliphatic carbocycles. The summed E-state index contributed by atoms with van der Waals surface area (Å²) in [5.41, 5.74) is 2.97. The lowest BCUT2D eigenvalue weighted by Gasteiger charge is -2.22. The van der Waals surface area contributed by atoms with E-state index in [1.165, 1.54) is 19.1 Å². The zero-order valence-electron chi connectivity index (χ0n) is 14.0. The molecule has 0 heterocycles. The Hall–Kier alpha value is -2.33. The molecule has 9 nitrogen and oxygen atoms in total. The summed E-state index contributed by atoms with van der Waals surface area (Å²) in [6.07, 6.45) is -4.83. The average molecular weight is 353 g/mol. The minimum atomic E-state index is -1.65. The number of benzene rings is 1. The maximum atomic E-state index is 11.9. The van der Waals surface area contributed by atoms with Crippen molar-refractivity contribution in [1.82, 2.24) is 5.43 Å². The summed E-state index contributed by atoms with van der Waals surface area (Å²) in [5.74, 6) is -0.712. The molecule has 0 fully saturated rings. The normalized spacial score (nSPS) is 16.1. The highest BCUT2D eigenvalue weighted by molar-refractivity contribution is 5.95. The first-order chi connectivity index (χ1) is 11.8. The molecule has 4 atom stereocenters. The number of nitrogens with zero attached hydrogens (tertiary/aromatic N) is 1. The van der Waals surface area contributed by atoms with Gasteiger partial charge >= 0.3 is 0 Å². The SMILES string of the molecule is CCC(=O)Nc1ccc(C(=O)N/N=C\[C@H](O)[C@H](O)[C@H](O)[C@@H](C)O)cc1. The Morgan fingerprint density at radius 1 is 1.12 bits per heavy atom. The smallest absolute Gasteiger partial charge is 0.271 e. The first-order valence-corrected chi connectivity index (χ1v) is 7.72. The van der Waals surface area contributed by atoms with Crippen LogP contribution in [0.5, 0.6) is 0 Å². The minimum absolute atomic E-state index is 0.145. The van der Waals surface area contributed by atoms with Gasteiger partial charge in [-0.2, -0.15) is 5.10 Å². The van der Waals surface area contributed by atoms with Crippen molar-refractivity contribution in [2.75, 3.05) is 5.32 Å². The first-order valence-electron chi connectivity index (χ1n) is 7.72. The zero-order valence-corrected chi connectivity index (χ0v) is 14.0. The van der Waals surface area contributed by atoms with Crippen LogP contribution in [0.4, 0.5) is 5.69 Å². The average Bonchev–Trinajstić information content (AvgIpc) is 2.60. The summed E-state index contributed by atoms with van der Waals surface area (Å²) in [6, 6.07) is 6.09. The largest absolute Gasteiger partial charge is 0.391 e. The molecule has 6 N–H and O–H groups in total. The quantitative estimate of drug-likeness (QED) is 0.266. The summed E-state index contributed by atoms with van der Waals surface area (Å²) in [6.45, 7) is 2.98. The molecule has 1 aromatic rings. The van der Waals surface area contributed by atoms with Gasteiger partial charge < -0.3 is 25.7 Å². The third-order valence-electron chi connectivity index (χ3n) is 3.34. The number of hydrogen-bond donors (Lipinski definition) is 6. The van der Waals surface area contributed by atoms with Gasteiger partial charge in [0.1, 0.15) is 18.3 Å². The molecule has 25 heavy (non-hydrogen) atoms. The number of carbonyl (C=O) groups excluding carboxylic acids is 2. The Balaban J connectivity index is 2.57. The van der Waals surface area contributed by atoms with Crippen LogP contribution in [-0.4, -0.2) is 62.9 Å². The molecule has 0 radical (unpaired) electrons. The van der Waals surface area contributed by atoms with E-state index in [9.17, 15) is 24.9 Å². The van der Waals surface area contributed by atoms with Crippen LogP contribution in [0.15, 0.2) is 29.4 Å². The Morgan fingerprint density at radius 3 is 2.24 bits per heavy atom. The topological polar surface area (TPSA) is 151 Å². The summed E-state index contributed by atoms with van der Waals surface area (Å²) >= 11 is 0. The predicted molar refractivity (Wildman–Crippen MR) is 91.0 cm³/mol. The number of aliphatic hydroxyl groups is 4. The summed E-state index contributed by atoms with van der Waals surface area (Å²) in [5, 5.41) is 43.9. The van der Waals surface area contributed by atoms with Gasteiger partial charge in [0.05, 0.1) is 12.3 Å². The zero-order chi connectivity index (χ0) is 19.0. The molecule has 0 aliphatic heterocycles. The summed E-state index contributed by atoms with van der Waals surface area (Å²) < 4.78 is 0. The fourth-order valence-electron chi connectivity index (χ4n) is 1.77. The standard InChI is InChI=1S/C16H23N3O6/c1-3-13(22)18-11-6-4-10(5-7-11)16(25)19-17-8-12(21)15(24)14(23)9(2)20/h4-9,12,14-15,20-21,23-24H,3H2,1-2H3,(H,18,22)(H,19,25)/b17-8-/t9-,12+,14-,15+/m1/s1. The number of hydrazone groups is 1. The van der Waals surface area contributed by atoms with Crippen molar-refractivity contribution in [1.29, 1.82) is 0 Å². The molecule has 9 heteroatoms. The predicted octanol–water partition coefficient (Wildman–Crippen LogP) is -0.786. The summed E-state index contributed by atoms with van der Waals surface area (Å²) in [4.78, 5) is 23.1. The van der Waals surface area contributed by atoms with Gasteiger partial charge in [0, 0.05) is 17.7 Å². The lowest BCUT2D eigenvalue weighted by Crippen LogP contribution is -2.44.